The van der Waals surface area contributed by atoms with Gasteiger partial charge in [-0.15, -0.1) is 0 Å². The summed E-state index contributed by atoms with van der Waals surface area (Å²) in [4.78, 5) is 29.1. The highest BCUT2D eigenvalue weighted by molar-refractivity contribution is 6.07. The molecule has 1 aromatic heterocycles. The molecule has 0 aliphatic heterocycles. The molecule has 0 aliphatic rings. The van der Waals surface area contributed by atoms with Crippen molar-refractivity contribution in [1.29, 1.82) is 0 Å². The molecule has 3 aromatic rings. The van der Waals surface area contributed by atoms with Crippen LogP contribution in [0.25, 0.3) is 22.4 Å². The molecule has 0 N–H and O–H groups in total. The van der Waals surface area contributed by atoms with Crippen molar-refractivity contribution >= 4 is 11.9 Å². The molecule has 26 heavy (non-hydrogen) atoms. The average Bonchev–Trinajstić information content (AvgIpc) is 2.72. The average molecular weight is 347 g/mol. The zero-order valence-corrected chi connectivity index (χ0v) is 14.4. The zero-order chi connectivity index (χ0) is 18.5. The summed E-state index contributed by atoms with van der Waals surface area (Å²) < 4.78 is 9.74. The molecule has 0 atom stereocenters. The topological polar surface area (TPSA) is 65.5 Å². The summed E-state index contributed by atoms with van der Waals surface area (Å²) >= 11 is 0. The number of hydrogen-bond donors (Lipinski definition) is 0. The van der Waals surface area contributed by atoms with Crippen molar-refractivity contribution in [3.8, 4) is 22.4 Å². The largest absolute Gasteiger partial charge is 0.465 e. The van der Waals surface area contributed by atoms with Crippen LogP contribution in [0.1, 0.15) is 20.8 Å². The fourth-order valence-corrected chi connectivity index (χ4v) is 2.70. The van der Waals surface area contributed by atoms with E-state index in [-0.39, 0.29) is 11.3 Å². The monoisotopic (exact) mass is 347 g/mol. The molecule has 5 heteroatoms. The van der Waals surface area contributed by atoms with Crippen molar-refractivity contribution in [2.75, 3.05) is 14.2 Å². The first-order chi connectivity index (χ1) is 12.7. The molecular weight excluding hydrogens is 330 g/mol. The maximum Gasteiger partial charge on any atom is 0.357 e. The zero-order valence-electron chi connectivity index (χ0n) is 14.4. The van der Waals surface area contributed by atoms with Gasteiger partial charge in [-0.3, -0.25) is 0 Å². The van der Waals surface area contributed by atoms with E-state index in [1.807, 2.05) is 60.7 Å². The maximum absolute atomic E-state index is 12.4. The fraction of sp³-hybridized carbons (Fsp3) is 0.0952. The highest BCUT2D eigenvalue weighted by Crippen LogP contribution is 2.31. The number of esters is 2. The molecule has 5 nitrogen and oxygen atoms in total. The molecule has 2 aromatic carbocycles. The Labute approximate surface area is 151 Å². The number of benzene rings is 2. The summed E-state index contributed by atoms with van der Waals surface area (Å²) in [6.45, 7) is 0. The van der Waals surface area contributed by atoms with Gasteiger partial charge < -0.3 is 9.47 Å². The molecule has 0 unspecified atom stereocenters. The maximum atomic E-state index is 12.4. The lowest BCUT2D eigenvalue weighted by Crippen LogP contribution is -2.16. The summed E-state index contributed by atoms with van der Waals surface area (Å²) in [7, 11) is 2.52. The first-order valence-corrected chi connectivity index (χ1v) is 7.98. The SMILES string of the molecule is COC(=O)c1nc(-c2ccccc2)cc(-c2ccccc2)c1C(=O)OC. The van der Waals surface area contributed by atoms with Crippen molar-refractivity contribution in [3.63, 3.8) is 0 Å². The molecule has 3 rings (SSSR count). The second kappa shape index (κ2) is 7.61. The number of ether oxygens (including phenoxy) is 2. The Bertz CT molecular complexity index is 937. The van der Waals surface area contributed by atoms with Gasteiger partial charge in [0.15, 0.2) is 5.69 Å². The van der Waals surface area contributed by atoms with E-state index >= 15 is 0 Å². The normalized spacial score (nSPS) is 10.2. The Balaban J connectivity index is 2.35. The van der Waals surface area contributed by atoms with E-state index < -0.39 is 11.9 Å². The van der Waals surface area contributed by atoms with Crippen molar-refractivity contribution in [2.45, 2.75) is 0 Å². The first kappa shape index (κ1) is 17.4. The highest BCUT2D eigenvalue weighted by Gasteiger charge is 2.26. The Morgan fingerprint density at radius 3 is 1.85 bits per heavy atom. The van der Waals surface area contributed by atoms with E-state index in [2.05, 4.69) is 4.98 Å². The minimum absolute atomic E-state index is 0.0699. The van der Waals surface area contributed by atoms with Gasteiger partial charge in [0.25, 0.3) is 0 Å². The molecule has 0 amide bonds. The number of carbonyl (C=O) groups excluding carboxylic acids is 2. The lowest BCUT2D eigenvalue weighted by molar-refractivity contribution is 0.0550. The number of pyridine rings is 1. The van der Waals surface area contributed by atoms with Crippen LogP contribution in [0.4, 0.5) is 0 Å². The fourth-order valence-electron chi connectivity index (χ4n) is 2.70. The van der Waals surface area contributed by atoms with Gasteiger partial charge in [-0.1, -0.05) is 60.7 Å². The molecule has 0 aliphatic carbocycles. The van der Waals surface area contributed by atoms with Gasteiger partial charge in [-0.25, -0.2) is 14.6 Å². The standard InChI is InChI=1S/C21H17NO4/c1-25-20(23)18-16(14-9-5-3-6-10-14)13-17(15-11-7-4-8-12-15)22-19(18)21(24)26-2/h3-13H,1-2H3. The summed E-state index contributed by atoms with van der Waals surface area (Å²) in [6, 6.07) is 20.5. The van der Waals surface area contributed by atoms with Crippen molar-refractivity contribution in [1.82, 2.24) is 4.98 Å². The predicted molar refractivity (Wildman–Crippen MR) is 97.8 cm³/mol. The quantitative estimate of drug-likeness (QED) is 0.668. The van der Waals surface area contributed by atoms with Gasteiger partial charge in [-0.2, -0.15) is 0 Å². The lowest BCUT2D eigenvalue weighted by atomic mass is 9.96. The Kier molecular flexibility index (Phi) is 5.08. The molecule has 0 spiro atoms. The van der Waals surface area contributed by atoms with Crippen LogP contribution in [0.15, 0.2) is 66.7 Å². The van der Waals surface area contributed by atoms with Crippen LogP contribution < -0.4 is 0 Å². The molecule has 0 fully saturated rings. The third kappa shape index (κ3) is 3.32. The van der Waals surface area contributed by atoms with E-state index in [1.165, 1.54) is 14.2 Å². The van der Waals surface area contributed by atoms with E-state index in [1.54, 1.807) is 6.07 Å². The Hall–Kier alpha value is -3.47. The van der Waals surface area contributed by atoms with Gasteiger partial charge in [0, 0.05) is 11.1 Å². The lowest BCUT2D eigenvalue weighted by Gasteiger charge is -2.14. The Morgan fingerprint density at radius 1 is 0.769 bits per heavy atom. The molecule has 130 valence electrons. The van der Waals surface area contributed by atoms with Gasteiger partial charge >= 0.3 is 11.9 Å². The first-order valence-electron chi connectivity index (χ1n) is 7.98. The summed E-state index contributed by atoms with van der Waals surface area (Å²) in [5.41, 5.74) is 2.75. The molecule has 0 bridgehead atoms. The van der Waals surface area contributed by atoms with E-state index in [9.17, 15) is 9.59 Å². The van der Waals surface area contributed by atoms with Crippen molar-refractivity contribution in [2.24, 2.45) is 0 Å². The number of nitrogens with zero attached hydrogens (tertiary/aromatic N) is 1. The number of rotatable bonds is 4. The second-order valence-corrected chi connectivity index (χ2v) is 5.49. The number of hydrogen-bond acceptors (Lipinski definition) is 5. The van der Waals surface area contributed by atoms with Crippen LogP contribution in [-0.2, 0) is 9.47 Å². The summed E-state index contributed by atoms with van der Waals surface area (Å²) in [5.74, 6) is -1.34. The van der Waals surface area contributed by atoms with Crippen LogP contribution >= 0.6 is 0 Å². The number of carbonyl (C=O) groups is 2. The molecule has 0 radical (unpaired) electrons. The van der Waals surface area contributed by atoms with Crippen LogP contribution in [0.5, 0.6) is 0 Å². The minimum atomic E-state index is -0.694. The van der Waals surface area contributed by atoms with Crippen molar-refractivity contribution in [3.05, 3.63) is 78.0 Å². The van der Waals surface area contributed by atoms with E-state index in [4.69, 9.17) is 9.47 Å². The van der Waals surface area contributed by atoms with Gasteiger partial charge in [0.1, 0.15) is 5.56 Å². The molecular formula is C21H17NO4. The van der Waals surface area contributed by atoms with Crippen LogP contribution in [-0.4, -0.2) is 31.1 Å². The smallest absolute Gasteiger partial charge is 0.357 e. The van der Waals surface area contributed by atoms with Crippen molar-refractivity contribution < 1.29 is 19.1 Å². The van der Waals surface area contributed by atoms with Crippen LogP contribution in [0, 0.1) is 0 Å². The Morgan fingerprint density at radius 2 is 1.31 bits per heavy atom. The van der Waals surface area contributed by atoms with E-state index in [0.717, 1.165) is 11.1 Å². The van der Waals surface area contributed by atoms with Gasteiger partial charge in [-0.05, 0) is 11.6 Å². The van der Waals surface area contributed by atoms with Gasteiger partial charge in [0.05, 0.1) is 19.9 Å². The second-order valence-electron chi connectivity index (χ2n) is 5.49. The third-order valence-corrected chi connectivity index (χ3v) is 3.94. The van der Waals surface area contributed by atoms with Gasteiger partial charge in [0.2, 0.25) is 0 Å². The number of aromatic nitrogens is 1. The molecule has 0 saturated heterocycles. The third-order valence-electron chi connectivity index (χ3n) is 3.94. The van der Waals surface area contributed by atoms with E-state index in [0.29, 0.717) is 11.3 Å². The summed E-state index contributed by atoms with van der Waals surface area (Å²) in [5, 5.41) is 0. The van der Waals surface area contributed by atoms with Crippen LogP contribution in [0.3, 0.4) is 0 Å². The minimum Gasteiger partial charge on any atom is -0.465 e. The summed E-state index contributed by atoms with van der Waals surface area (Å²) in [6.07, 6.45) is 0. The molecule has 1 heterocycles. The molecule has 0 saturated carbocycles. The van der Waals surface area contributed by atoms with Crippen LogP contribution in [0.2, 0.25) is 0 Å². The predicted octanol–water partition coefficient (Wildman–Crippen LogP) is 3.99. The number of methoxy groups -OCH3 is 2. The highest BCUT2D eigenvalue weighted by atomic mass is 16.5.